The van der Waals surface area contributed by atoms with Gasteiger partial charge in [-0.05, 0) is 44.1 Å². The Balaban J connectivity index is 1.13. The summed E-state index contributed by atoms with van der Waals surface area (Å²) in [5.41, 5.74) is 0.880. The minimum absolute atomic E-state index is 0.123. The van der Waals surface area contributed by atoms with Crippen LogP contribution in [0.15, 0.2) is 4.42 Å². The van der Waals surface area contributed by atoms with Gasteiger partial charge >= 0.3 is 6.18 Å². The quantitative estimate of drug-likeness (QED) is 0.499. The van der Waals surface area contributed by atoms with E-state index in [2.05, 4.69) is 20.1 Å². The second kappa shape index (κ2) is 11.2. The molecule has 0 unspecified atom stereocenters. The highest BCUT2D eigenvalue weighted by atomic mass is 32.1. The molecular formula is C23H31F3N4O3S. The summed E-state index contributed by atoms with van der Waals surface area (Å²) in [6.45, 7) is 3.22. The average Bonchev–Trinajstić information content (AvgIpc) is 3.32. The van der Waals surface area contributed by atoms with Crippen molar-refractivity contribution >= 4 is 17.1 Å². The van der Waals surface area contributed by atoms with E-state index in [9.17, 15) is 18.0 Å². The minimum Gasteiger partial charge on any atom is -0.460 e. The van der Waals surface area contributed by atoms with E-state index in [0.29, 0.717) is 30.0 Å². The van der Waals surface area contributed by atoms with Crippen LogP contribution >= 0.6 is 11.3 Å². The molecule has 0 bridgehead atoms. The standard InChI is InChI=1S/C23H31F3N4O3S/c1-15-28-29-21(33-15)13-18(31)12-17-4-2-16(3-5-17)6-9-30-10-7-19-20(8-11-30)34-22(27-19)32-14-23(24,25)26/h16-17H,2-14H2,1H3. The van der Waals surface area contributed by atoms with Crippen LogP contribution in [0, 0.1) is 18.8 Å². The zero-order valence-electron chi connectivity index (χ0n) is 19.4. The summed E-state index contributed by atoms with van der Waals surface area (Å²) in [7, 11) is 0. The van der Waals surface area contributed by atoms with E-state index in [4.69, 9.17) is 9.15 Å². The van der Waals surface area contributed by atoms with Crippen LogP contribution in [0.4, 0.5) is 13.2 Å². The lowest BCUT2D eigenvalue weighted by atomic mass is 9.78. The van der Waals surface area contributed by atoms with Gasteiger partial charge in [0.05, 0.1) is 12.1 Å². The lowest BCUT2D eigenvalue weighted by Gasteiger charge is -2.30. The summed E-state index contributed by atoms with van der Waals surface area (Å²) in [5.74, 6) is 2.19. The molecule has 0 aromatic carbocycles. The van der Waals surface area contributed by atoms with Gasteiger partial charge in [-0.1, -0.05) is 24.2 Å². The number of alkyl halides is 3. The third-order valence-corrected chi connectivity index (χ3v) is 7.76. The number of ketones is 1. The van der Waals surface area contributed by atoms with Crippen molar-refractivity contribution in [1.82, 2.24) is 20.1 Å². The van der Waals surface area contributed by atoms with Crippen molar-refractivity contribution in [1.29, 1.82) is 0 Å². The maximum atomic E-state index is 12.4. The van der Waals surface area contributed by atoms with E-state index in [0.717, 1.165) is 75.2 Å². The first-order valence-corrected chi connectivity index (χ1v) is 12.8. The molecule has 1 aliphatic carbocycles. The van der Waals surface area contributed by atoms with Crippen molar-refractivity contribution in [2.24, 2.45) is 11.8 Å². The normalized spacial score (nSPS) is 21.8. The SMILES string of the molecule is Cc1nnc(CC(=O)CC2CCC(CCN3CCc4nc(OCC(F)(F)F)sc4CC3)CC2)o1. The summed E-state index contributed by atoms with van der Waals surface area (Å²) in [6.07, 6.45) is 3.64. The van der Waals surface area contributed by atoms with E-state index in [1.54, 1.807) is 6.92 Å². The van der Waals surface area contributed by atoms with Crippen LogP contribution in [0.5, 0.6) is 5.19 Å². The molecule has 2 aliphatic rings. The van der Waals surface area contributed by atoms with Crippen molar-refractivity contribution in [3.05, 3.63) is 22.4 Å². The molecule has 3 heterocycles. The van der Waals surface area contributed by atoms with Crippen LogP contribution in [0.1, 0.15) is 60.9 Å². The van der Waals surface area contributed by atoms with Gasteiger partial charge < -0.3 is 14.1 Å². The number of nitrogens with zero attached hydrogens (tertiary/aromatic N) is 4. The molecule has 0 atom stereocenters. The Bertz CT molecular complexity index is 928. The number of fused-ring (bicyclic) bond motifs is 1. The molecule has 0 radical (unpaired) electrons. The van der Waals surface area contributed by atoms with Gasteiger partial charge in [-0.2, -0.15) is 13.2 Å². The lowest BCUT2D eigenvalue weighted by Crippen LogP contribution is -2.30. The summed E-state index contributed by atoms with van der Waals surface area (Å²) < 4.78 is 47.2. The fourth-order valence-corrected chi connectivity index (χ4v) is 5.82. The largest absolute Gasteiger partial charge is 0.460 e. The Kier molecular flexibility index (Phi) is 8.23. The molecular weight excluding hydrogens is 469 g/mol. The van der Waals surface area contributed by atoms with Gasteiger partial charge in [0.1, 0.15) is 5.78 Å². The predicted molar refractivity (Wildman–Crippen MR) is 120 cm³/mol. The number of rotatable bonds is 9. The molecule has 0 amide bonds. The first-order chi connectivity index (χ1) is 16.2. The van der Waals surface area contributed by atoms with Gasteiger partial charge in [-0.25, -0.2) is 4.98 Å². The molecule has 1 aliphatic heterocycles. The van der Waals surface area contributed by atoms with Crippen molar-refractivity contribution in [3.8, 4) is 5.19 Å². The second-order valence-corrected chi connectivity index (χ2v) is 10.5. The first-order valence-electron chi connectivity index (χ1n) is 11.9. The zero-order valence-corrected chi connectivity index (χ0v) is 20.2. The van der Waals surface area contributed by atoms with Crippen molar-refractivity contribution in [3.63, 3.8) is 0 Å². The maximum Gasteiger partial charge on any atom is 0.422 e. The smallest absolute Gasteiger partial charge is 0.422 e. The zero-order chi connectivity index (χ0) is 24.1. The Labute approximate surface area is 201 Å². The van der Waals surface area contributed by atoms with E-state index in [1.807, 2.05) is 0 Å². The van der Waals surface area contributed by atoms with Gasteiger partial charge in [0.25, 0.3) is 5.19 Å². The average molecular weight is 501 g/mol. The Morgan fingerprint density at radius 1 is 1.15 bits per heavy atom. The molecule has 1 saturated carbocycles. The molecule has 11 heteroatoms. The van der Waals surface area contributed by atoms with Crippen LogP contribution in [0.3, 0.4) is 0 Å². The molecule has 34 heavy (non-hydrogen) atoms. The predicted octanol–water partition coefficient (Wildman–Crippen LogP) is 4.57. The highest BCUT2D eigenvalue weighted by Gasteiger charge is 2.30. The van der Waals surface area contributed by atoms with Crippen molar-refractivity contribution in [2.45, 2.75) is 70.9 Å². The number of hydrogen-bond acceptors (Lipinski definition) is 8. The van der Waals surface area contributed by atoms with E-state index in [-0.39, 0.29) is 17.4 Å². The third-order valence-electron chi connectivity index (χ3n) is 6.69. The number of aromatic nitrogens is 3. The fourth-order valence-electron chi connectivity index (χ4n) is 4.88. The van der Waals surface area contributed by atoms with Gasteiger partial charge in [0.2, 0.25) is 11.8 Å². The number of carbonyl (C=O) groups is 1. The van der Waals surface area contributed by atoms with Crippen LogP contribution < -0.4 is 4.74 Å². The Hall–Kier alpha value is -2.01. The lowest BCUT2D eigenvalue weighted by molar-refractivity contribution is -0.153. The molecule has 0 saturated heterocycles. The Morgan fingerprint density at radius 2 is 1.88 bits per heavy atom. The van der Waals surface area contributed by atoms with Gasteiger partial charge in [0, 0.05) is 37.7 Å². The van der Waals surface area contributed by atoms with Crippen molar-refractivity contribution < 1.29 is 27.1 Å². The molecule has 0 spiro atoms. The van der Waals surface area contributed by atoms with Gasteiger partial charge in [-0.3, -0.25) is 4.79 Å². The second-order valence-electron chi connectivity index (χ2n) is 9.40. The third kappa shape index (κ3) is 7.49. The fraction of sp³-hybridized carbons (Fsp3) is 0.739. The number of carbonyl (C=O) groups excluding carboxylic acids is 1. The summed E-state index contributed by atoms with van der Waals surface area (Å²) in [5, 5.41) is 7.80. The highest BCUT2D eigenvalue weighted by molar-refractivity contribution is 7.13. The number of Topliss-reactive ketones (excluding diaryl/α,β-unsaturated/α-hetero) is 1. The molecule has 2 aromatic rings. The van der Waals surface area contributed by atoms with Crippen LogP contribution in [0.25, 0.3) is 0 Å². The van der Waals surface area contributed by atoms with E-state index >= 15 is 0 Å². The molecule has 2 aromatic heterocycles. The molecule has 0 N–H and O–H groups in total. The summed E-state index contributed by atoms with van der Waals surface area (Å²) in [4.78, 5) is 20.1. The van der Waals surface area contributed by atoms with E-state index < -0.39 is 12.8 Å². The van der Waals surface area contributed by atoms with Crippen molar-refractivity contribution in [2.75, 3.05) is 26.2 Å². The van der Waals surface area contributed by atoms with Gasteiger partial charge in [-0.15, -0.1) is 10.2 Å². The summed E-state index contributed by atoms with van der Waals surface area (Å²) in [6, 6.07) is 0. The number of aryl methyl sites for hydroxylation is 1. The first kappa shape index (κ1) is 25.1. The topological polar surface area (TPSA) is 81.4 Å². The minimum atomic E-state index is -4.34. The highest BCUT2D eigenvalue weighted by Crippen LogP contribution is 2.34. The molecule has 4 rings (SSSR count). The summed E-state index contributed by atoms with van der Waals surface area (Å²) >= 11 is 1.24. The Morgan fingerprint density at radius 3 is 2.59 bits per heavy atom. The molecule has 1 fully saturated rings. The van der Waals surface area contributed by atoms with Crippen LogP contribution in [0.2, 0.25) is 0 Å². The maximum absolute atomic E-state index is 12.4. The molecule has 188 valence electrons. The van der Waals surface area contributed by atoms with Gasteiger partial charge in [0.15, 0.2) is 6.61 Å². The number of halogens is 3. The molecule has 7 nitrogen and oxygen atoms in total. The van der Waals surface area contributed by atoms with Crippen LogP contribution in [-0.4, -0.2) is 58.3 Å². The van der Waals surface area contributed by atoms with E-state index in [1.165, 1.54) is 11.3 Å². The number of ether oxygens (including phenoxy) is 1. The number of hydrogen-bond donors (Lipinski definition) is 0. The van der Waals surface area contributed by atoms with Crippen LogP contribution in [-0.2, 0) is 24.1 Å². The monoisotopic (exact) mass is 500 g/mol. The number of thiazole rings is 1.